The van der Waals surface area contributed by atoms with Crippen LogP contribution < -0.4 is 10.1 Å². The fraction of sp³-hybridized carbons (Fsp3) is 0.231. The minimum atomic E-state index is -0.358. The molecular formula is C26H25FN4O2. The molecule has 1 aliphatic rings. The van der Waals surface area contributed by atoms with E-state index in [4.69, 9.17) is 4.74 Å². The van der Waals surface area contributed by atoms with Gasteiger partial charge in [-0.2, -0.15) is 0 Å². The summed E-state index contributed by atoms with van der Waals surface area (Å²) in [4.78, 5) is 21.5. The molecule has 0 amide bonds. The van der Waals surface area contributed by atoms with Crippen molar-refractivity contribution >= 4 is 16.9 Å². The molecule has 0 radical (unpaired) electrons. The predicted octanol–water partition coefficient (Wildman–Crippen LogP) is 4.29. The Morgan fingerprint density at radius 2 is 1.82 bits per heavy atom. The highest BCUT2D eigenvalue weighted by atomic mass is 19.1. The molecule has 2 aromatic heterocycles. The van der Waals surface area contributed by atoms with Crippen LogP contribution in [-0.4, -0.2) is 47.0 Å². The summed E-state index contributed by atoms with van der Waals surface area (Å²) < 4.78 is 19.0. The van der Waals surface area contributed by atoms with Crippen LogP contribution in [0.1, 0.15) is 24.1 Å². The van der Waals surface area contributed by atoms with Crippen LogP contribution in [0.3, 0.4) is 0 Å². The quantitative estimate of drug-likeness (QED) is 0.450. The average Bonchev–Trinajstić information content (AvgIpc) is 3.23. The zero-order valence-corrected chi connectivity index (χ0v) is 18.3. The molecular weight excluding hydrogens is 419 g/mol. The number of hydrogen-bond donors (Lipinski definition) is 2. The van der Waals surface area contributed by atoms with E-state index in [9.17, 15) is 9.18 Å². The number of aromatic nitrogens is 2. The normalized spacial score (nSPS) is 15.5. The summed E-state index contributed by atoms with van der Waals surface area (Å²) in [6.07, 6.45) is 5.42. The number of fused-ring (bicyclic) bond motifs is 1. The van der Waals surface area contributed by atoms with Crippen molar-refractivity contribution in [3.63, 3.8) is 0 Å². The minimum absolute atomic E-state index is 0.0206. The van der Waals surface area contributed by atoms with Gasteiger partial charge in [0.25, 0.3) is 0 Å². The van der Waals surface area contributed by atoms with Crippen molar-refractivity contribution in [2.75, 3.05) is 26.2 Å². The van der Waals surface area contributed by atoms with Crippen LogP contribution in [0.4, 0.5) is 4.39 Å². The first-order chi connectivity index (χ1) is 16.1. The molecule has 33 heavy (non-hydrogen) atoms. The van der Waals surface area contributed by atoms with Gasteiger partial charge in [0.15, 0.2) is 5.75 Å². The number of H-pyrrole nitrogens is 1. The molecule has 0 bridgehead atoms. The zero-order valence-electron chi connectivity index (χ0n) is 18.3. The van der Waals surface area contributed by atoms with Crippen LogP contribution in [0.15, 0.2) is 67.1 Å². The maximum Gasteiger partial charge on any atom is 0.308 e. The van der Waals surface area contributed by atoms with Gasteiger partial charge in [-0.3, -0.25) is 14.7 Å². The number of benzene rings is 2. The highest BCUT2D eigenvalue weighted by molar-refractivity contribution is 5.92. The van der Waals surface area contributed by atoms with Gasteiger partial charge < -0.3 is 15.0 Å². The molecule has 7 heteroatoms. The monoisotopic (exact) mass is 444 g/mol. The summed E-state index contributed by atoms with van der Waals surface area (Å²) in [7, 11) is 0. The van der Waals surface area contributed by atoms with Crippen molar-refractivity contribution < 1.29 is 13.9 Å². The maximum absolute atomic E-state index is 13.6. The van der Waals surface area contributed by atoms with Gasteiger partial charge >= 0.3 is 5.97 Å². The second-order valence-corrected chi connectivity index (χ2v) is 8.25. The molecule has 6 nitrogen and oxygen atoms in total. The van der Waals surface area contributed by atoms with Crippen LogP contribution in [-0.2, 0) is 4.79 Å². The number of pyridine rings is 1. The summed E-state index contributed by atoms with van der Waals surface area (Å²) in [6, 6.07) is 14.8. The largest absolute Gasteiger partial charge is 0.424 e. The van der Waals surface area contributed by atoms with Crippen molar-refractivity contribution in [2.24, 2.45) is 0 Å². The van der Waals surface area contributed by atoms with Gasteiger partial charge in [-0.1, -0.05) is 18.2 Å². The minimum Gasteiger partial charge on any atom is -0.424 e. The van der Waals surface area contributed by atoms with Gasteiger partial charge in [-0.25, -0.2) is 4.39 Å². The molecule has 1 atom stereocenters. The van der Waals surface area contributed by atoms with Crippen LogP contribution in [0.5, 0.6) is 5.75 Å². The van der Waals surface area contributed by atoms with E-state index in [1.807, 2.05) is 42.7 Å². The number of nitrogens with zero attached hydrogens (tertiary/aromatic N) is 2. The number of piperazine rings is 1. The molecule has 3 heterocycles. The van der Waals surface area contributed by atoms with Gasteiger partial charge in [0, 0.05) is 68.2 Å². The Kier molecular flexibility index (Phi) is 5.90. The smallest absolute Gasteiger partial charge is 0.308 e. The van der Waals surface area contributed by atoms with Gasteiger partial charge in [0.05, 0.1) is 6.04 Å². The van der Waals surface area contributed by atoms with Crippen LogP contribution in [0, 0.1) is 5.82 Å². The zero-order chi connectivity index (χ0) is 22.8. The highest BCUT2D eigenvalue weighted by Gasteiger charge is 2.24. The topological polar surface area (TPSA) is 70.2 Å². The van der Waals surface area contributed by atoms with E-state index in [-0.39, 0.29) is 17.8 Å². The van der Waals surface area contributed by atoms with E-state index in [0.29, 0.717) is 5.75 Å². The number of aromatic amines is 1. The Balaban J connectivity index is 1.55. The van der Waals surface area contributed by atoms with Gasteiger partial charge in [0.2, 0.25) is 0 Å². The Labute approximate surface area is 191 Å². The highest BCUT2D eigenvalue weighted by Crippen LogP contribution is 2.34. The van der Waals surface area contributed by atoms with E-state index in [2.05, 4.69) is 26.3 Å². The van der Waals surface area contributed by atoms with Crippen molar-refractivity contribution in [3.05, 3.63) is 84.1 Å². The Morgan fingerprint density at radius 1 is 1.03 bits per heavy atom. The lowest BCUT2D eigenvalue weighted by atomic mass is 9.95. The lowest BCUT2D eigenvalue weighted by Crippen LogP contribution is -2.45. The molecule has 0 saturated carbocycles. The number of halogens is 1. The van der Waals surface area contributed by atoms with E-state index in [1.54, 1.807) is 6.20 Å². The van der Waals surface area contributed by atoms with Gasteiger partial charge in [-0.05, 0) is 47.0 Å². The number of carbonyl (C=O) groups is 1. The first-order valence-electron chi connectivity index (χ1n) is 11.0. The molecule has 1 aliphatic heterocycles. The van der Waals surface area contributed by atoms with E-state index < -0.39 is 0 Å². The lowest BCUT2D eigenvalue weighted by Gasteiger charge is -2.35. The number of rotatable bonds is 5. The molecule has 2 N–H and O–H groups in total. The molecule has 1 unspecified atom stereocenters. The predicted molar refractivity (Wildman–Crippen MR) is 126 cm³/mol. The first-order valence-corrected chi connectivity index (χ1v) is 11.0. The fourth-order valence-corrected chi connectivity index (χ4v) is 4.48. The molecule has 2 aromatic carbocycles. The van der Waals surface area contributed by atoms with E-state index in [1.165, 1.54) is 19.1 Å². The second-order valence-electron chi connectivity index (χ2n) is 8.25. The van der Waals surface area contributed by atoms with E-state index >= 15 is 0 Å². The number of hydrogen-bond acceptors (Lipinski definition) is 5. The van der Waals surface area contributed by atoms with Gasteiger partial charge in [0.1, 0.15) is 5.82 Å². The van der Waals surface area contributed by atoms with Crippen LogP contribution in [0.2, 0.25) is 0 Å². The van der Waals surface area contributed by atoms with Crippen LogP contribution >= 0.6 is 0 Å². The number of esters is 1. The standard InChI is InChI=1S/C26H25FN4O2/c1-17(32)33-25-16-30-24-7-4-19(13-23(24)25)20-12-21(15-29-14-20)26(31-10-8-28-9-11-31)18-2-5-22(27)6-3-18/h2-7,12-16,26,28,30H,8-11H2,1H3. The average molecular weight is 445 g/mol. The van der Waals surface area contributed by atoms with Crippen molar-refractivity contribution in [3.8, 4) is 16.9 Å². The molecule has 0 spiro atoms. The molecule has 1 fully saturated rings. The summed E-state index contributed by atoms with van der Waals surface area (Å²) in [5, 5.41) is 4.23. The first kappa shape index (κ1) is 21.3. The van der Waals surface area contributed by atoms with E-state index in [0.717, 1.165) is 59.3 Å². The third-order valence-corrected chi connectivity index (χ3v) is 6.01. The molecule has 4 aromatic rings. The Morgan fingerprint density at radius 3 is 2.58 bits per heavy atom. The maximum atomic E-state index is 13.6. The van der Waals surface area contributed by atoms with Crippen LogP contribution in [0.25, 0.3) is 22.0 Å². The number of ether oxygens (including phenoxy) is 1. The van der Waals surface area contributed by atoms with Crippen molar-refractivity contribution in [2.45, 2.75) is 13.0 Å². The van der Waals surface area contributed by atoms with Crippen molar-refractivity contribution in [1.29, 1.82) is 0 Å². The third kappa shape index (κ3) is 4.51. The van der Waals surface area contributed by atoms with Crippen molar-refractivity contribution in [1.82, 2.24) is 20.2 Å². The molecule has 1 saturated heterocycles. The molecule has 5 rings (SSSR count). The summed E-state index contributed by atoms with van der Waals surface area (Å²) in [5.74, 6) is -0.0929. The summed E-state index contributed by atoms with van der Waals surface area (Å²) in [6.45, 7) is 5.00. The second kappa shape index (κ2) is 9.13. The summed E-state index contributed by atoms with van der Waals surface area (Å²) >= 11 is 0. The molecule has 168 valence electrons. The fourth-order valence-electron chi connectivity index (χ4n) is 4.48. The SMILES string of the molecule is CC(=O)Oc1c[nH]c2ccc(-c3cncc(C(c4ccc(F)cc4)N4CCNCC4)c3)cc12. The Hall–Kier alpha value is -3.55. The lowest BCUT2D eigenvalue weighted by molar-refractivity contribution is -0.131. The Bertz CT molecular complexity index is 1280. The van der Waals surface area contributed by atoms with Gasteiger partial charge in [-0.15, -0.1) is 0 Å². The third-order valence-electron chi connectivity index (χ3n) is 6.01. The number of nitrogens with one attached hydrogen (secondary N) is 2. The number of carbonyl (C=O) groups excluding carboxylic acids is 1. The molecule has 0 aliphatic carbocycles. The summed E-state index contributed by atoms with van der Waals surface area (Å²) in [5.41, 5.74) is 4.92.